The number of pyridine rings is 1. The summed E-state index contributed by atoms with van der Waals surface area (Å²) in [5, 5.41) is 18.6. The second-order valence-corrected chi connectivity index (χ2v) is 7.42. The smallest absolute Gasteiger partial charge is 0.201 e. The minimum absolute atomic E-state index is 0.494. The van der Waals surface area contributed by atoms with Crippen LogP contribution < -0.4 is 4.57 Å². The number of nitrogens with zero attached hydrogens (tertiary/aromatic N) is 3. The van der Waals surface area contributed by atoms with E-state index >= 15 is 0 Å². The van der Waals surface area contributed by atoms with Gasteiger partial charge in [0.15, 0.2) is 6.20 Å². The highest BCUT2D eigenvalue weighted by atomic mass is 14.9. The number of aromatic nitrogens is 1. The Morgan fingerprint density at radius 2 is 1.42 bits per heavy atom. The largest absolute Gasteiger partial charge is 0.212 e. The van der Waals surface area contributed by atoms with E-state index in [1.54, 1.807) is 0 Å². The molecule has 0 bridgehead atoms. The quantitative estimate of drug-likeness (QED) is 0.800. The van der Waals surface area contributed by atoms with Crippen molar-refractivity contribution in [3.05, 3.63) is 53.2 Å². The number of hydrogen-bond acceptors (Lipinski definition) is 2. The minimum Gasteiger partial charge on any atom is -0.201 e. The molecule has 2 aromatic rings. The Balaban J connectivity index is 2.51. The van der Waals surface area contributed by atoms with E-state index in [1.807, 2.05) is 53.1 Å². The molecule has 0 spiro atoms. The first-order valence-electron chi connectivity index (χ1n) is 8.06. The molecule has 0 aliphatic carbocycles. The second-order valence-electron chi connectivity index (χ2n) is 7.42. The van der Waals surface area contributed by atoms with Crippen molar-refractivity contribution < 1.29 is 4.57 Å². The maximum absolute atomic E-state index is 9.32. The van der Waals surface area contributed by atoms with Gasteiger partial charge in [-0.15, -0.1) is 0 Å². The van der Waals surface area contributed by atoms with E-state index in [9.17, 15) is 10.5 Å². The highest BCUT2D eigenvalue weighted by molar-refractivity contribution is 5.62. The predicted octanol–water partition coefficient (Wildman–Crippen LogP) is 4.09. The number of aryl methyl sites for hydroxylation is 2. The molecule has 3 nitrogen and oxygen atoms in total. The van der Waals surface area contributed by atoms with Crippen LogP contribution in [0.1, 0.15) is 44.4 Å². The van der Waals surface area contributed by atoms with Gasteiger partial charge in [-0.1, -0.05) is 12.1 Å². The summed E-state index contributed by atoms with van der Waals surface area (Å²) in [6.07, 6.45) is 2.02. The van der Waals surface area contributed by atoms with Gasteiger partial charge in [-0.3, -0.25) is 0 Å². The van der Waals surface area contributed by atoms with Crippen LogP contribution in [-0.4, -0.2) is 0 Å². The standard InChI is InChI=1S/C21H24N3/c1-15-11-16(20(2,3)13-22)7-9-18(15)19-10-8-17(12-24(19)6)21(4,5)14-23/h7-12H,1-6H3/q+1. The van der Waals surface area contributed by atoms with Crippen LogP contribution >= 0.6 is 0 Å². The monoisotopic (exact) mass is 318 g/mol. The summed E-state index contributed by atoms with van der Waals surface area (Å²) in [5.74, 6) is 0. The molecule has 0 aliphatic heterocycles. The van der Waals surface area contributed by atoms with E-state index < -0.39 is 10.8 Å². The van der Waals surface area contributed by atoms with Crippen LogP contribution in [0, 0.1) is 29.6 Å². The van der Waals surface area contributed by atoms with Crippen LogP contribution in [0.15, 0.2) is 36.5 Å². The van der Waals surface area contributed by atoms with Gasteiger partial charge in [0.1, 0.15) is 7.05 Å². The molecule has 0 N–H and O–H groups in total. The topological polar surface area (TPSA) is 51.5 Å². The van der Waals surface area contributed by atoms with Crippen LogP contribution in [0.25, 0.3) is 11.3 Å². The molecule has 2 rings (SSSR count). The molecule has 1 aromatic carbocycles. The molecule has 0 saturated carbocycles. The van der Waals surface area contributed by atoms with Crippen molar-refractivity contribution in [1.29, 1.82) is 10.5 Å². The van der Waals surface area contributed by atoms with Crippen LogP contribution in [0.5, 0.6) is 0 Å². The molecule has 0 radical (unpaired) electrons. The fourth-order valence-electron chi connectivity index (χ4n) is 2.73. The molecule has 0 fully saturated rings. The zero-order chi connectivity index (χ0) is 18.1. The number of rotatable bonds is 3. The molecular formula is C21H24N3+. The van der Waals surface area contributed by atoms with E-state index in [0.29, 0.717) is 0 Å². The summed E-state index contributed by atoms with van der Waals surface area (Å²) in [6, 6.07) is 15.0. The van der Waals surface area contributed by atoms with Crippen molar-refractivity contribution >= 4 is 0 Å². The van der Waals surface area contributed by atoms with E-state index in [2.05, 4.69) is 41.8 Å². The summed E-state index contributed by atoms with van der Waals surface area (Å²) < 4.78 is 2.06. The lowest BCUT2D eigenvalue weighted by molar-refractivity contribution is -0.661. The molecule has 0 aliphatic rings. The Labute approximate surface area is 144 Å². The zero-order valence-corrected chi connectivity index (χ0v) is 15.3. The van der Waals surface area contributed by atoms with Gasteiger partial charge in [0, 0.05) is 17.2 Å². The first-order valence-corrected chi connectivity index (χ1v) is 8.06. The van der Waals surface area contributed by atoms with Gasteiger partial charge in [0.05, 0.1) is 23.0 Å². The van der Waals surface area contributed by atoms with Gasteiger partial charge < -0.3 is 0 Å². The fourth-order valence-corrected chi connectivity index (χ4v) is 2.73. The minimum atomic E-state index is -0.508. The third-order valence-corrected chi connectivity index (χ3v) is 4.64. The van der Waals surface area contributed by atoms with Gasteiger partial charge in [0.2, 0.25) is 5.69 Å². The average Bonchev–Trinajstić information content (AvgIpc) is 2.55. The molecular weight excluding hydrogens is 294 g/mol. The molecule has 1 heterocycles. The number of benzene rings is 1. The van der Waals surface area contributed by atoms with E-state index in [1.165, 1.54) is 0 Å². The van der Waals surface area contributed by atoms with Gasteiger partial charge >= 0.3 is 0 Å². The Morgan fingerprint density at radius 3 is 1.92 bits per heavy atom. The highest BCUT2D eigenvalue weighted by Crippen LogP contribution is 2.29. The van der Waals surface area contributed by atoms with Crippen LogP contribution in [0.2, 0.25) is 0 Å². The van der Waals surface area contributed by atoms with E-state index in [4.69, 9.17) is 0 Å². The molecule has 0 amide bonds. The Hall–Kier alpha value is -2.65. The van der Waals surface area contributed by atoms with Crippen molar-refractivity contribution in [2.45, 2.75) is 45.4 Å². The average molecular weight is 318 g/mol. The lowest BCUT2D eigenvalue weighted by atomic mass is 9.84. The molecule has 1 aromatic heterocycles. The Bertz CT molecular complexity index is 788. The van der Waals surface area contributed by atoms with Crippen LogP contribution in [0.3, 0.4) is 0 Å². The van der Waals surface area contributed by atoms with Gasteiger partial charge in [-0.25, -0.2) is 4.57 Å². The maximum atomic E-state index is 9.32. The lowest BCUT2D eigenvalue weighted by Gasteiger charge is -2.18. The van der Waals surface area contributed by atoms with Crippen LogP contribution in [-0.2, 0) is 17.9 Å². The Kier molecular flexibility index (Phi) is 4.50. The summed E-state index contributed by atoms with van der Waals surface area (Å²) in [6.45, 7) is 9.78. The van der Waals surface area contributed by atoms with Crippen molar-refractivity contribution in [3.8, 4) is 23.4 Å². The Morgan fingerprint density at radius 1 is 0.875 bits per heavy atom. The third kappa shape index (κ3) is 3.17. The third-order valence-electron chi connectivity index (χ3n) is 4.64. The summed E-state index contributed by atoms with van der Waals surface area (Å²) in [7, 11) is 2.00. The maximum Gasteiger partial charge on any atom is 0.212 e. The molecule has 3 heteroatoms. The first-order chi connectivity index (χ1) is 11.1. The first kappa shape index (κ1) is 17.7. The SMILES string of the molecule is Cc1cc(C(C)(C)C#N)ccc1-c1ccc(C(C)(C)C#N)c[n+]1C. The predicted molar refractivity (Wildman–Crippen MR) is 95.1 cm³/mol. The van der Waals surface area contributed by atoms with E-state index in [-0.39, 0.29) is 0 Å². The molecule has 24 heavy (non-hydrogen) atoms. The molecule has 122 valence electrons. The molecule has 0 unspecified atom stereocenters. The van der Waals surface area contributed by atoms with Gasteiger partial charge in [-0.2, -0.15) is 10.5 Å². The molecule has 0 atom stereocenters. The summed E-state index contributed by atoms with van der Waals surface area (Å²) >= 11 is 0. The summed E-state index contributed by atoms with van der Waals surface area (Å²) in [4.78, 5) is 0. The molecule has 0 saturated heterocycles. The highest BCUT2D eigenvalue weighted by Gasteiger charge is 2.25. The van der Waals surface area contributed by atoms with Crippen LogP contribution in [0.4, 0.5) is 0 Å². The second kappa shape index (κ2) is 6.10. The number of hydrogen-bond donors (Lipinski definition) is 0. The normalized spacial score (nSPS) is 11.7. The van der Waals surface area contributed by atoms with Crippen molar-refractivity contribution in [2.24, 2.45) is 7.05 Å². The van der Waals surface area contributed by atoms with Gasteiger partial charge in [0.25, 0.3) is 0 Å². The zero-order valence-electron chi connectivity index (χ0n) is 15.3. The van der Waals surface area contributed by atoms with E-state index in [0.717, 1.165) is 27.9 Å². The lowest BCUT2D eigenvalue weighted by Crippen LogP contribution is -2.33. The number of nitriles is 2. The van der Waals surface area contributed by atoms with Crippen molar-refractivity contribution in [3.63, 3.8) is 0 Å². The van der Waals surface area contributed by atoms with Crippen molar-refractivity contribution in [1.82, 2.24) is 0 Å². The van der Waals surface area contributed by atoms with Gasteiger partial charge in [-0.05, 0) is 57.9 Å². The fraction of sp³-hybridized carbons (Fsp3) is 0.381. The summed E-state index contributed by atoms with van der Waals surface area (Å²) in [5.41, 5.74) is 4.38. The van der Waals surface area contributed by atoms with Crippen molar-refractivity contribution in [2.75, 3.05) is 0 Å².